The first-order valence-corrected chi connectivity index (χ1v) is 17.5. The fourth-order valence-electron chi connectivity index (χ4n) is 6.95. The highest BCUT2D eigenvalue weighted by Gasteiger charge is 2.38. The molecular weight excluding hydrogens is 697 g/mol. The number of aromatic hydroxyl groups is 1. The second-order valence-corrected chi connectivity index (χ2v) is 14.3. The number of fused-ring (bicyclic) bond motifs is 3. The Morgan fingerprint density at radius 3 is 2.48 bits per heavy atom. The molecule has 0 radical (unpaired) electrons. The van der Waals surface area contributed by atoms with Crippen LogP contribution in [-0.4, -0.2) is 57.4 Å². The van der Waals surface area contributed by atoms with Crippen LogP contribution in [0.4, 0.5) is 15.8 Å². The lowest BCUT2D eigenvalue weighted by atomic mass is 10.1. The van der Waals surface area contributed by atoms with Crippen LogP contribution in [0.2, 0.25) is 0 Å². The van der Waals surface area contributed by atoms with Crippen molar-refractivity contribution >= 4 is 77.9 Å². The monoisotopic (exact) mass is 725 g/mol. The number of hydrogen-bond donors (Lipinski definition) is 4. The van der Waals surface area contributed by atoms with E-state index in [1.165, 1.54) is 27.3 Å². The molecule has 4 amide bonds. The van der Waals surface area contributed by atoms with E-state index in [1.807, 2.05) is 47.2 Å². The smallest absolute Gasteiger partial charge is 0.329 e. The molecule has 4 N–H and O–H groups in total. The number of carbonyl (C=O) groups excluding carboxylic acids is 4. The van der Waals surface area contributed by atoms with Crippen molar-refractivity contribution in [2.75, 3.05) is 16.2 Å². The first-order valence-electron chi connectivity index (χ1n) is 16.0. The van der Waals surface area contributed by atoms with E-state index < -0.39 is 51.9 Å². The molecule has 17 heteroatoms. The van der Waals surface area contributed by atoms with Crippen LogP contribution in [0.5, 0.6) is 5.75 Å². The van der Waals surface area contributed by atoms with E-state index in [-0.39, 0.29) is 47.5 Å². The number of carbonyl (C=O) groups is 4. The molecule has 2 aliphatic heterocycles. The van der Waals surface area contributed by atoms with Gasteiger partial charge in [-0.3, -0.25) is 33.6 Å². The Kier molecular flexibility index (Phi) is 7.42. The Hall–Kier alpha value is -6.49. The van der Waals surface area contributed by atoms with Crippen molar-refractivity contribution in [1.82, 2.24) is 23.7 Å². The summed E-state index contributed by atoms with van der Waals surface area (Å²) in [6.45, 7) is -0.677. The van der Waals surface area contributed by atoms with Gasteiger partial charge in [-0.25, -0.2) is 18.2 Å². The lowest BCUT2D eigenvalue weighted by Crippen LogP contribution is -2.44. The third-order valence-corrected chi connectivity index (χ3v) is 10.8. The maximum Gasteiger partial charge on any atom is 0.329 e. The van der Waals surface area contributed by atoms with Gasteiger partial charge < -0.3 is 15.0 Å². The predicted molar refractivity (Wildman–Crippen MR) is 188 cm³/mol. The van der Waals surface area contributed by atoms with E-state index in [0.29, 0.717) is 26.6 Å². The number of benzene rings is 4. The van der Waals surface area contributed by atoms with Gasteiger partial charge in [-0.2, -0.15) is 8.42 Å². The van der Waals surface area contributed by atoms with Crippen molar-refractivity contribution in [1.29, 1.82) is 0 Å². The minimum atomic E-state index is -4.36. The fraction of sp³-hybridized carbons (Fsp3) is 0.171. The van der Waals surface area contributed by atoms with Gasteiger partial charge in [0.15, 0.2) is 5.82 Å². The molecule has 2 fully saturated rings. The molecule has 2 aliphatic rings. The van der Waals surface area contributed by atoms with Crippen molar-refractivity contribution in [3.63, 3.8) is 0 Å². The largest absolute Gasteiger partial charge is 0.506 e. The second-order valence-electron chi connectivity index (χ2n) is 12.7. The quantitative estimate of drug-likeness (QED) is 0.188. The Morgan fingerprint density at radius 2 is 1.73 bits per heavy atom. The Balaban J connectivity index is 1.01. The van der Waals surface area contributed by atoms with Crippen LogP contribution in [0.1, 0.15) is 24.4 Å². The summed E-state index contributed by atoms with van der Waals surface area (Å²) in [5, 5.41) is 16.6. The highest BCUT2D eigenvalue weighted by Crippen LogP contribution is 2.39. The van der Waals surface area contributed by atoms with E-state index in [2.05, 4.69) is 10.6 Å². The van der Waals surface area contributed by atoms with E-state index in [4.69, 9.17) is 0 Å². The Morgan fingerprint density at radius 1 is 0.942 bits per heavy atom. The van der Waals surface area contributed by atoms with Gasteiger partial charge in [0.05, 0.1) is 23.0 Å². The molecule has 1 unspecified atom stereocenters. The third kappa shape index (κ3) is 5.33. The number of phenols is 1. The number of nitrogens with zero attached hydrogens (tertiary/aromatic N) is 4. The number of aryl methyl sites for hydroxylation is 1. The number of piperidine rings is 1. The molecule has 0 bridgehead atoms. The summed E-state index contributed by atoms with van der Waals surface area (Å²) in [6, 6.07) is 17.5. The molecule has 15 nitrogen and oxygen atoms in total. The highest BCUT2D eigenvalue weighted by atomic mass is 32.2. The van der Waals surface area contributed by atoms with Crippen LogP contribution < -0.4 is 25.4 Å². The third-order valence-electron chi connectivity index (χ3n) is 9.38. The summed E-state index contributed by atoms with van der Waals surface area (Å²) < 4.78 is 47.0. The molecule has 264 valence electrons. The van der Waals surface area contributed by atoms with Gasteiger partial charge in [0, 0.05) is 41.8 Å². The van der Waals surface area contributed by atoms with Crippen molar-refractivity contribution in [2.45, 2.75) is 25.3 Å². The lowest BCUT2D eigenvalue weighted by molar-refractivity contribution is -0.135. The molecule has 4 aromatic carbocycles. The molecule has 0 spiro atoms. The minimum absolute atomic E-state index is 0.00742. The normalized spacial score (nSPS) is 17.2. The van der Waals surface area contributed by atoms with Gasteiger partial charge in [0.1, 0.15) is 24.0 Å². The summed E-state index contributed by atoms with van der Waals surface area (Å²) in [7, 11) is -2.73. The summed E-state index contributed by atoms with van der Waals surface area (Å²) in [5.41, 5.74) is 2.81. The first kappa shape index (κ1) is 32.7. The maximum atomic E-state index is 15.4. The predicted octanol–water partition coefficient (Wildman–Crippen LogP) is 2.62. The average Bonchev–Trinajstić information content (AvgIpc) is 3.70. The van der Waals surface area contributed by atoms with Crippen LogP contribution in [0.3, 0.4) is 0 Å². The van der Waals surface area contributed by atoms with E-state index in [0.717, 1.165) is 22.7 Å². The molecule has 4 heterocycles. The van der Waals surface area contributed by atoms with Crippen LogP contribution >= 0.6 is 0 Å². The second kappa shape index (κ2) is 11.8. The van der Waals surface area contributed by atoms with Crippen molar-refractivity contribution in [3.05, 3.63) is 94.8 Å². The number of imide groups is 1. The van der Waals surface area contributed by atoms with Gasteiger partial charge in [-0.15, -0.1) is 0 Å². The molecule has 0 aliphatic carbocycles. The van der Waals surface area contributed by atoms with E-state index in [9.17, 15) is 37.5 Å². The summed E-state index contributed by atoms with van der Waals surface area (Å²) in [6.07, 6.45) is 2.26. The highest BCUT2D eigenvalue weighted by molar-refractivity contribution is 7.92. The average molecular weight is 726 g/mol. The first-order chi connectivity index (χ1) is 24.8. The van der Waals surface area contributed by atoms with Crippen LogP contribution in [0.15, 0.2) is 77.7 Å². The number of aromatic nitrogens is 3. The van der Waals surface area contributed by atoms with Crippen molar-refractivity contribution in [3.8, 4) is 11.4 Å². The van der Waals surface area contributed by atoms with Crippen LogP contribution in [0.25, 0.3) is 38.4 Å². The molecular formula is C35H28FN7O8S. The number of imidazole rings is 1. The molecule has 0 saturated carbocycles. The molecule has 8 rings (SSSR count). The standard InChI is InChI=1S/C35H28FN7O8S/c1-40-27-16-22(4-7-25(27)43(35(40)49)26-8-9-29(45)38-34(26)48)41-11-10-19-12-18(2-6-24(19)41)13-30(46)37-21-3-5-23-20(14-21)15-28(44)33(32(23)36)42-17-31(47)39-52(42,50)51/h2-7,10-12,14-16,26,44H,8-9,13,17H2,1H3,(H,37,46)(H,39,47)(H,38,45,48). The lowest BCUT2D eigenvalue weighted by Gasteiger charge is -2.21. The fourth-order valence-corrected chi connectivity index (χ4v) is 8.11. The minimum Gasteiger partial charge on any atom is -0.506 e. The summed E-state index contributed by atoms with van der Waals surface area (Å²) in [5.74, 6) is -3.82. The van der Waals surface area contributed by atoms with E-state index in [1.54, 1.807) is 17.8 Å². The molecule has 52 heavy (non-hydrogen) atoms. The number of nitrogens with one attached hydrogen (secondary N) is 3. The molecule has 2 saturated heterocycles. The van der Waals surface area contributed by atoms with E-state index >= 15 is 4.39 Å². The topological polar surface area (TPSA) is 194 Å². The molecule has 2 aromatic heterocycles. The molecule has 1 atom stereocenters. The van der Waals surface area contributed by atoms with Crippen LogP contribution in [-0.2, 0) is 42.9 Å². The van der Waals surface area contributed by atoms with Gasteiger partial charge >= 0.3 is 15.9 Å². The SMILES string of the molecule is Cn1c(=O)n(C2CCC(=O)NC2=O)c2ccc(-n3ccc4cc(CC(=O)Nc5ccc6c(F)c(N7CC(=O)NS7(=O)=O)c(O)cc6c5)ccc43)cc21. The number of rotatable bonds is 6. The zero-order chi connectivity index (χ0) is 36.6. The van der Waals surface area contributed by atoms with Gasteiger partial charge in [0.2, 0.25) is 17.7 Å². The van der Waals surface area contributed by atoms with Crippen LogP contribution in [0, 0.1) is 5.82 Å². The van der Waals surface area contributed by atoms with Gasteiger partial charge in [-0.05, 0) is 78.0 Å². The number of phenolic OH excluding ortho intramolecular Hbond substituents is 1. The van der Waals surface area contributed by atoms with Gasteiger partial charge in [0.25, 0.3) is 5.91 Å². The molecule has 6 aromatic rings. The Bertz CT molecular complexity index is 2750. The van der Waals surface area contributed by atoms with Crippen molar-refractivity contribution in [2.24, 2.45) is 7.05 Å². The zero-order valence-electron chi connectivity index (χ0n) is 27.2. The Labute approximate surface area is 293 Å². The number of amides is 4. The van der Waals surface area contributed by atoms with Crippen molar-refractivity contribution < 1.29 is 37.1 Å². The number of hydrogen-bond acceptors (Lipinski definition) is 8. The maximum absolute atomic E-state index is 15.4. The number of halogens is 1. The summed E-state index contributed by atoms with van der Waals surface area (Å²) >= 11 is 0. The summed E-state index contributed by atoms with van der Waals surface area (Å²) in [4.78, 5) is 62.1. The zero-order valence-corrected chi connectivity index (χ0v) is 28.0. The number of anilines is 2. The van der Waals surface area contributed by atoms with Gasteiger partial charge in [-0.1, -0.05) is 6.07 Å².